The minimum Gasteiger partial charge on any atom is -0.378 e. The van der Waals surface area contributed by atoms with Crippen LogP contribution in [0.4, 0.5) is 0 Å². The second-order valence-electron chi connectivity index (χ2n) is 8.24. The van der Waals surface area contributed by atoms with Gasteiger partial charge >= 0.3 is 0 Å². The van der Waals surface area contributed by atoms with Gasteiger partial charge in [0.05, 0.1) is 6.10 Å². The van der Waals surface area contributed by atoms with Crippen LogP contribution in [0.5, 0.6) is 0 Å². The number of hydrogen-bond acceptors (Lipinski definition) is 1. The van der Waals surface area contributed by atoms with Crippen LogP contribution in [0.3, 0.4) is 0 Å². The van der Waals surface area contributed by atoms with Gasteiger partial charge in [0.25, 0.3) is 0 Å². The van der Waals surface area contributed by atoms with Gasteiger partial charge in [-0.15, -0.1) is 0 Å². The summed E-state index contributed by atoms with van der Waals surface area (Å²) in [5.41, 5.74) is 0. The molecule has 1 heteroatoms. The van der Waals surface area contributed by atoms with Crippen molar-refractivity contribution in [1.82, 2.24) is 0 Å². The Balaban J connectivity index is 1.68. The van der Waals surface area contributed by atoms with Crippen molar-refractivity contribution in [2.75, 3.05) is 6.61 Å². The van der Waals surface area contributed by atoms with Crippen LogP contribution < -0.4 is 0 Å². The van der Waals surface area contributed by atoms with E-state index in [9.17, 15) is 0 Å². The maximum Gasteiger partial charge on any atom is 0.0600 e. The number of rotatable bonds is 8. The van der Waals surface area contributed by atoms with Crippen LogP contribution in [0.2, 0.25) is 0 Å². The molecule has 0 radical (unpaired) electrons. The lowest BCUT2D eigenvalue weighted by Crippen LogP contribution is -2.34. The van der Waals surface area contributed by atoms with Crippen molar-refractivity contribution in [3.8, 4) is 0 Å². The summed E-state index contributed by atoms with van der Waals surface area (Å²) < 4.78 is 6.13. The summed E-state index contributed by atoms with van der Waals surface area (Å²) in [7, 11) is 0. The molecule has 0 N–H and O–H groups in total. The van der Waals surface area contributed by atoms with Crippen LogP contribution in [0.1, 0.15) is 97.8 Å². The molecule has 0 aliphatic heterocycles. The molecule has 0 amide bonds. The molecule has 1 nitrogen and oxygen atoms in total. The predicted molar refractivity (Wildman–Crippen MR) is 96.1 cm³/mol. The maximum absolute atomic E-state index is 6.13. The van der Waals surface area contributed by atoms with Gasteiger partial charge in [-0.2, -0.15) is 0 Å². The van der Waals surface area contributed by atoms with Crippen molar-refractivity contribution in [2.24, 2.45) is 23.7 Å². The van der Waals surface area contributed by atoms with E-state index >= 15 is 0 Å². The third-order valence-corrected chi connectivity index (χ3v) is 6.49. The van der Waals surface area contributed by atoms with Crippen molar-refractivity contribution in [2.45, 2.75) is 104 Å². The van der Waals surface area contributed by atoms with E-state index in [0.717, 1.165) is 30.3 Å². The van der Waals surface area contributed by atoms with Crippen LogP contribution in [0.15, 0.2) is 0 Å². The molecule has 0 aromatic heterocycles. The van der Waals surface area contributed by atoms with Crippen LogP contribution >= 0.6 is 0 Å². The first-order valence-corrected chi connectivity index (χ1v) is 10.4. The van der Waals surface area contributed by atoms with E-state index in [-0.39, 0.29) is 0 Å². The topological polar surface area (TPSA) is 9.23 Å². The Morgan fingerprint density at radius 1 is 0.818 bits per heavy atom. The van der Waals surface area contributed by atoms with Gasteiger partial charge in [-0.1, -0.05) is 59.3 Å². The lowest BCUT2D eigenvalue weighted by molar-refractivity contribution is -0.0286. The van der Waals surface area contributed by atoms with Crippen molar-refractivity contribution < 1.29 is 4.74 Å². The van der Waals surface area contributed by atoms with Gasteiger partial charge in [0.15, 0.2) is 0 Å². The Kier molecular flexibility index (Phi) is 8.28. The van der Waals surface area contributed by atoms with Crippen molar-refractivity contribution in [1.29, 1.82) is 0 Å². The lowest BCUT2D eigenvalue weighted by Gasteiger charge is -2.40. The second kappa shape index (κ2) is 9.96. The van der Waals surface area contributed by atoms with E-state index in [1.165, 1.54) is 77.0 Å². The highest BCUT2D eigenvalue weighted by atomic mass is 16.5. The van der Waals surface area contributed by atoms with E-state index in [1.54, 1.807) is 0 Å². The predicted octanol–water partition coefficient (Wildman–Crippen LogP) is 6.60. The van der Waals surface area contributed by atoms with Gasteiger partial charge in [0.1, 0.15) is 0 Å². The van der Waals surface area contributed by atoms with E-state index in [4.69, 9.17) is 4.74 Å². The Labute approximate surface area is 139 Å². The summed E-state index contributed by atoms with van der Waals surface area (Å²) in [6.07, 6.45) is 17.6. The third-order valence-electron chi connectivity index (χ3n) is 6.49. The summed E-state index contributed by atoms with van der Waals surface area (Å²) in [5, 5.41) is 0. The number of unbranched alkanes of at least 4 members (excludes halogenated alkanes) is 2. The molecule has 2 aliphatic carbocycles. The molecule has 0 spiro atoms. The van der Waals surface area contributed by atoms with Crippen molar-refractivity contribution in [3.63, 3.8) is 0 Å². The summed E-state index contributed by atoms with van der Waals surface area (Å²) in [6.45, 7) is 8.00. The van der Waals surface area contributed by atoms with Crippen LogP contribution in [-0.2, 0) is 4.74 Å². The van der Waals surface area contributed by atoms with Crippen molar-refractivity contribution >= 4 is 0 Å². The zero-order chi connectivity index (χ0) is 15.8. The minimum absolute atomic E-state index is 0.559. The van der Waals surface area contributed by atoms with E-state index < -0.39 is 0 Å². The molecule has 2 aliphatic rings. The van der Waals surface area contributed by atoms with Crippen LogP contribution in [0.25, 0.3) is 0 Å². The highest BCUT2D eigenvalue weighted by Crippen LogP contribution is 2.43. The second-order valence-corrected chi connectivity index (χ2v) is 8.24. The van der Waals surface area contributed by atoms with Crippen molar-refractivity contribution in [3.05, 3.63) is 0 Å². The van der Waals surface area contributed by atoms with Gasteiger partial charge in [0.2, 0.25) is 0 Å². The normalized spacial score (nSPS) is 36.4. The molecule has 2 saturated carbocycles. The zero-order valence-electron chi connectivity index (χ0n) is 15.5. The van der Waals surface area contributed by atoms with Crippen LogP contribution in [-0.4, -0.2) is 12.7 Å². The SMILES string of the molecule is CCCCO[C@@H]1CCC(C2CCC(CCCC)CC2)C[C@H]1C. The molecular formula is C21H40O. The molecule has 2 fully saturated rings. The molecule has 0 aromatic carbocycles. The monoisotopic (exact) mass is 308 g/mol. The van der Waals surface area contributed by atoms with Gasteiger partial charge < -0.3 is 4.74 Å². The molecule has 22 heavy (non-hydrogen) atoms. The third kappa shape index (κ3) is 5.55. The largest absolute Gasteiger partial charge is 0.378 e. The highest BCUT2D eigenvalue weighted by Gasteiger charge is 2.34. The molecule has 130 valence electrons. The fourth-order valence-corrected chi connectivity index (χ4v) is 4.91. The first-order chi connectivity index (χ1) is 10.7. The van der Waals surface area contributed by atoms with Gasteiger partial charge in [-0.25, -0.2) is 0 Å². The van der Waals surface area contributed by atoms with Crippen LogP contribution in [0, 0.1) is 23.7 Å². The van der Waals surface area contributed by atoms with E-state index in [2.05, 4.69) is 20.8 Å². The highest BCUT2D eigenvalue weighted by molar-refractivity contribution is 4.85. The van der Waals surface area contributed by atoms with E-state index in [1.807, 2.05) is 0 Å². The fraction of sp³-hybridized carbons (Fsp3) is 1.00. The number of ether oxygens (including phenoxy) is 1. The van der Waals surface area contributed by atoms with Gasteiger partial charge in [0, 0.05) is 6.61 Å². The smallest absolute Gasteiger partial charge is 0.0600 e. The lowest BCUT2D eigenvalue weighted by atomic mass is 9.68. The molecule has 0 heterocycles. The molecular weight excluding hydrogens is 268 g/mol. The minimum atomic E-state index is 0.559. The zero-order valence-corrected chi connectivity index (χ0v) is 15.5. The molecule has 3 atom stereocenters. The Bertz CT molecular complexity index is 280. The Morgan fingerprint density at radius 3 is 2.14 bits per heavy atom. The first-order valence-electron chi connectivity index (χ1n) is 10.4. The summed E-state index contributed by atoms with van der Waals surface area (Å²) >= 11 is 0. The van der Waals surface area contributed by atoms with E-state index in [0.29, 0.717) is 6.10 Å². The van der Waals surface area contributed by atoms with Gasteiger partial charge in [-0.3, -0.25) is 0 Å². The quantitative estimate of drug-likeness (QED) is 0.459. The average molecular weight is 309 g/mol. The standard InChI is InChI=1S/C21H40O/c1-4-6-8-18-9-11-19(12-10-18)20-13-14-21(17(3)16-20)22-15-7-5-2/h17-21H,4-16H2,1-3H3/t17-,18?,19?,20?,21-/m1/s1. The summed E-state index contributed by atoms with van der Waals surface area (Å²) in [5.74, 6) is 3.89. The fourth-order valence-electron chi connectivity index (χ4n) is 4.91. The first kappa shape index (κ1) is 18.3. The average Bonchev–Trinajstić information content (AvgIpc) is 2.55. The Hall–Kier alpha value is -0.0400. The molecule has 0 bridgehead atoms. The molecule has 2 rings (SSSR count). The molecule has 1 unspecified atom stereocenters. The summed E-state index contributed by atoms with van der Waals surface area (Å²) in [4.78, 5) is 0. The van der Waals surface area contributed by atoms with Gasteiger partial charge in [-0.05, 0) is 62.2 Å². The molecule has 0 saturated heterocycles. The molecule has 0 aromatic rings. The number of hydrogen-bond donors (Lipinski definition) is 0. The summed E-state index contributed by atoms with van der Waals surface area (Å²) in [6, 6.07) is 0. The maximum atomic E-state index is 6.13. The Morgan fingerprint density at radius 2 is 1.50 bits per heavy atom.